The van der Waals surface area contributed by atoms with E-state index in [1.54, 1.807) is 0 Å². The molecule has 1 fully saturated rings. The quantitative estimate of drug-likeness (QED) is 0.851. The molecule has 17 heavy (non-hydrogen) atoms. The summed E-state index contributed by atoms with van der Waals surface area (Å²) < 4.78 is 5.44. The lowest BCUT2D eigenvalue weighted by molar-refractivity contribution is 0.223. The molecule has 1 heterocycles. The van der Waals surface area contributed by atoms with Gasteiger partial charge in [-0.3, -0.25) is 0 Å². The number of hydrogen-bond donors (Lipinski definition) is 1. The highest BCUT2D eigenvalue weighted by atomic mass is 16.3. The molecule has 1 atom stereocenters. The maximum Gasteiger partial charge on any atom is 0.105 e. The van der Waals surface area contributed by atoms with Gasteiger partial charge in [-0.2, -0.15) is 0 Å². The molecule has 1 aromatic rings. The molecule has 0 aromatic carbocycles. The number of aryl methyl sites for hydroxylation is 1. The van der Waals surface area contributed by atoms with Crippen LogP contribution in [0.4, 0.5) is 0 Å². The average molecular weight is 235 g/mol. The Morgan fingerprint density at radius 3 is 2.53 bits per heavy atom. The van der Waals surface area contributed by atoms with Gasteiger partial charge < -0.3 is 9.73 Å². The van der Waals surface area contributed by atoms with Crippen LogP contribution in [0, 0.1) is 18.8 Å². The molecule has 96 valence electrons. The van der Waals surface area contributed by atoms with Crippen LogP contribution < -0.4 is 5.32 Å². The van der Waals surface area contributed by atoms with Crippen LogP contribution in [0.3, 0.4) is 0 Å². The summed E-state index contributed by atoms with van der Waals surface area (Å²) >= 11 is 0. The van der Waals surface area contributed by atoms with E-state index < -0.39 is 0 Å². The Morgan fingerprint density at radius 1 is 1.35 bits per heavy atom. The van der Waals surface area contributed by atoms with E-state index in [9.17, 15) is 0 Å². The molecule has 0 aliphatic heterocycles. The van der Waals surface area contributed by atoms with Gasteiger partial charge in [0.1, 0.15) is 5.76 Å². The summed E-state index contributed by atoms with van der Waals surface area (Å²) in [6, 6.07) is 2.61. The van der Waals surface area contributed by atoms with Crippen molar-refractivity contribution in [3.05, 3.63) is 23.7 Å². The van der Waals surface area contributed by atoms with Crippen LogP contribution >= 0.6 is 0 Å². The fraction of sp³-hybridized carbons (Fsp3) is 0.733. The highest BCUT2D eigenvalue weighted by molar-refractivity contribution is 5.21. The number of rotatable bonds is 4. The predicted octanol–water partition coefficient (Wildman–Crippen LogP) is 4.06. The normalized spacial score (nSPS) is 27.0. The first kappa shape index (κ1) is 12.7. The molecule has 0 saturated heterocycles. The lowest BCUT2D eigenvalue weighted by Gasteiger charge is -2.33. The lowest BCUT2D eigenvalue weighted by atomic mass is 9.76. The number of furan rings is 1. The third kappa shape index (κ3) is 2.74. The predicted molar refractivity (Wildman–Crippen MR) is 71.0 cm³/mol. The Morgan fingerprint density at radius 2 is 2.06 bits per heavy atom. The second-order valence-electron chi connectivity index (χ2n) is 5.39. The van der Waals surface area contributed by atoms with Gasteiger partial charge in [0.2, 0.25) is 0 Å². The van der Waals surface area contributed by atoms with Gasteiger partial charge in [0.05, 0.1) is 6.26 Å². The summed E-state index contributed by atoms with van der Waals surface area (Å²) in [5.74, 6) is 2.82. The zero-order valence-corrected chi connectivity index (χ0v) is 11.3. The molecule has 1 unspecified atom stereocenters. The summed E-state index contributed by atoms with van der Waals surface area (Å²) in [4.78, 5) is 0. The van der Waals surface area contributed by atoms with Crippen molar-refractivity contribution in [3.8, 4) is 0 Å². The Balaban J connectivity index is 2.03. The van der Waals surface area contributed by atoms with Gasteiger partial charge in [0, 0.05) is 11.6 Å². The monoisotopic (exact) mass is 235 g/mol. The van der Waals surface area contributed by atoms with Crippen molar-refractivity contribution < 1.29 is 4.42 Å². The van der Waals surface area contributed by atoms with Gasteiger partial charge in [0.25, 0.3) is 0 Å². The molecule has 1 saturated carbocycles. The van der Waals surface area contributed by atoms with Crippen molar-refractivity contribution in [2.24, 2.45) is 11.8 Å². The maximum absolute atomic E-state index is 5.44. The van der Waals surface area contributed by atoms with Gasteiger partial charge in [-0.05, 0) is 44.7 Å². The zero-order valence-electron chi connectivity index (χ0n) is 11.3. The molecule has 2 rings (SSSR count). The summed E-state index contributed by atoms with van der Waals surface area (Å²) in [5.41, 5.74) is 1.35. The molecule has 0 amide bonds. The van der Waals surface area contributed by atoms with Gasteiger partial charge in [-0.1, -0.05) is 26.2 Å². The molecule has 1 aromatic heterocycles. The van der Waals surface area contributed by atoms with Gasteiger partial charge in [0.15, 0.2) is 0 Å². The smallest absolute Gasteiger partial charge is 0.105 e. The minimum absolute atomic E-state index is 0.478. The van der Waals surface area contributed by atoms with Crippen molar-refractivity contribution in [1.29, 1.82) is 0 Å². The molecule has 2 heteroatoms. The van der Waals surface area contributed by atoms with Crippen LogP contribution in [0.15, 0.2) is 16.7 Å². The van der Waals surface area contributed by atoms with E-state index in [4.69, 9.17) is 4.42 Å². The van der Waals surface area contributed by atoms with Gasteiger partial charge in [-0.25, -0.2) is 0 Å². The molecule has 1 aliphatic carbocycles. The van der Waals surface area contributed by atoms with Gasteiger partial charge >= 0.3 is 0 Å². The Hall–Kier alpha value is -0.760. The van der Waals surface area contributed by atoms with Gasteiger partial charge in [-0.15, -0.1) is 0 Å². The number of nitrogens with one attached hydrogen (secondary N) is 1. The molecule has 0 spiro atoms. The van der Waals surface area contributed by atoms with Crippen molar-refractivity contribution in [2.75, 3.05) is 7.05 Å². The second-order valence-corrected chi connectivity index (χ2v) is 5.39. The van der Waals surface area contributed by atoms with Crippen LogP contribution in [0.2, 0.25) is 0 Å². The largest absolute Gasteiger partial charge is 0.469 e. The van der Waals surface area contributed by atoms with Crippen LogP contribution in [-0.2, 0) is 0 Å². The van der Waals surface area contributed by atoms with Crippen LogP contribution in [-0.4, -0.2) is 7.05 Å². The Bertz CT molecular complexity index is 336. The van der Waals surface area contributed by atoms with Crippen molar-refractivity contribution in [1.82, 2.24) is 5.32 Å². The van der Waals surface area contributed by atoms with E-state index in [0.717, 1.165) is 17.6 Å². The van der Waals surface area contributed by atoms with E-state index in [1.165, 1.54) is 37.7 Å². The molecule has 2 nitrogen and oxygen atoms in total. The molecule has 1 N–H and O–H groups in total. The van der Waals surface area contributed by atoms with E-state index in [2.05, 4.69) is 32.3 Å². The fourth-order valence-electron chi connectivity index (χ4n) is 3.29. The SMILES string of the molecule is CCC1CCC(C(NC)c2ccoc2C)CC1. The lowest BCUT2D eigenvalue weighted by Crippen LogP contribution is -2.28. The van der Waals surface area contributed by atoms with E-state index in [1.807, 2.05) is 6.26 Å². The average Bonchev–Trinajstić information content (AvgIpc) is 2.78. The van der Waals surface area contributed by atoms with Crippen molar-refractivity contribution in [3.63, 3.8) is 0 Å². The molecular weight excluding hydrogens is 210 g/mol. The summed E-state index contributed by atoms with van der Waals surface area (Å²) in [6.07, 6.45) is 8.67. The molecule has 1 aliphatic rings. The summed E-state index contributed by atoms with van der Waals surface area (Å²) in [6.45, 7) is 4.39. The second kappa shape index (κ2) is 5.72. The Labute approximate surface area is 105 Å². The topological polar surface area (TPSA) is 25.2 Å². The highest BCUT2D eigenvalue weighted by Crippen LogP contribution is 2.38. The maximum atomic E-state index is 5.44. The Kier molecular flexibility index (Phi) is 4.27. The first-order valence-electron chi connectivity index (χ1n) is 6.97. The fourth-order valence-corrected chi connectivity index (χ4v) is 3.29. The summed E-state index contributed by atoms with van der Waals surface area (Å²) in [5, 5.41) is 3.49. The van der Waals surface area contributed by atoms with Crippen LogP contribution in [0.1, 0.15) is 56.4 Å². The molecule has 0 radical (unpaired) electrons. The minimum atomic E-state index is 0.478. The van der Waals surface area contributed by atoms with E-state index in [0.29, 0.717) is 6.04 Å². The summed E-state index contributed by atoms with van der Waals surface area (Å²) in [7, 11) is 2.07. The number of hydrogen-bond acceptors (Lipinski definition) is 2. The highest BCUT2D eigenvalue weighted by Gasteiger charge is 2.28. The molecule has 0 bridgehead atoms. The van der Waals surface area contributed by atoms with Crippen molar-refractivity contribution >= 4 is 0 Å². The van der Waals surface area contributed by atoms with E-state index in [-0.39, 0.29) is 0 Å². The van der Waals surface area contributed by atoms with Crippen LogP contribution in [0.25, 0.3) is 0 Å². The zero-order chi connectivity index (χ0) is 12.3. The van der Waals surface area contributed by atoms with Crippen molar-refractivity contribution in [2.45, 2.75) is 52.0 Å². The van der Waals surface area contributed by atoms with Crippen LogP contribution in [0.5, 0.6) is 0 Å². The standard InChI is InChI=1S/C15H25NO/c1-4-12-5-7-13(8-6-12)15(16-3)14-9-10-17-11(14)2/h9-10,12-13,15-16H,4-8H2,1-3H3. The first-order chi connectivity index (χ1) is 8.26. The third-order valence-corrected chi connectivity index (χ3v) is 4.49. The molecular formula is C15H25NO. The minimum Gasteiger partial charge on any atom is -0.469 e. The first-order valence-corrected chi connectivity index (χ1v) is 6.97. The third-order valence-electron chi connectivity index (χ3n) is 4.49. The van der Waals surface area contributed by atoms with E-state index >= 15 is 0 Å².